The van der Waals surface area contributed by atoms with E-state index in [9.17, 15) is 14.9 Å². The van der Waals surface area contributed by atoms with Crippen molar-refractivity contribution in [3.8, 4) is 11.4 Å². The van der Waals surface area contributed by atoms with Gasteiger partial charge in [-0.05, 0) is 38.3 Å². The first-order chi connectivity index (χ1) is 13.0. The maximum absolute atomic E-state index is 12.7. The number of non-ortho nitro benzene ring substituents is 1. The van der Waals surface area contributed by atoms with Crippen LogP contribution in [-0.4, -0.2) is 38.5 Å². The second-order valence-electron chi connectivity index (χ2n) is 6.98. The molecule has 0 saturated heterocycles. The fraction of sp³-hybridized carbons (Fsp3) is 0.526. The molecule has 1 heterocycles. The lowest BCUT2D eigenvalue weighted by atomic mass is 9.84. The van der Waals surface area contributed by atoms with Gasteiger partial charge in [0.05, 0.1) is 4.92 Å². The molecule has 0 N–H and O–H groups in total. The van der Waals surface area contributed by atoms with E-state index < -0.39 is 4.92 Å². The van der Waals surface area contributed by atoms with Crippen molar-refractivity contribution in [1.82, 2.24) is 15.0 Å². The van der Waals surface area contributed by atoms with Crippen molar-refractivity contribution in [3.05, 3.63) is 40.3 Å². The number of carbonyl (C=O) groups is 1. The number of hydrogen-bond acceptors (Lipinski definition) is 6. The Bertz CT molecular complexity index is 798. The number of rotatable bonds is 8. The monoisotopic (exact) mass is 372 g/mol. The van der Waals surface area contributed by atoms with Crippen LogP contribution < -0.4 is 0 Å². The molecule has 1 amide bonds. The van der Waals surface area contributed by atoms with Crippen molar-refractivity contribution < 1.29 is 14.2 Å². The van der Waals surface area contributed by atoms with Crippen molar-refractivity contribution in [1.29, 1.82) is 0 Å². The van der Waals surface area contributed by atoms with Gasteiger partial charge in [0.1, 0.15) is 0 Å². The minimum atomic E-state index is -0.450. The number of benzene rings is 1. The minimum absolute atomic E-state index is 0.0150. The van der Waals surface area contributed by atoms with Crippen LogP contribution in [0.4, 0.5) is 5.69 Å². The van der Waals surface area contributed by atoms with Crippen LogP contribution in [0.1, 0.15) is 45.4 Å². The lowest BCUT2D eigenvalue weighted by Crippen LogP contribution is -2.44. The number of aromatic nitrogens is 2. The first kappa shape index (κ1) is 19.0. The molecular weight excluding hydrogens is 348 g/mol. The second kappa shape index (κ2) is 8.28. The number of carbonyl (C=O) groups excluding carboxylic acids is 1. The highest BCUT2D eigenvalue weighted by atomic mass is 16.6. The van der Waals surface area contributed by atoms with Crippen molar-refractivity contribution in [2.75, 3.05) is 6.54 Å². The maximum Gasteiger partial charge on any atom is 0.269 e. The Morgan fingerprint density at radius 2 is 2.07 bits per heavy atom. The predicted octanol–water partition coefficient (Wildman–Crippen LogP) is 3.61. The van der Waals surface area contributed by atoms with Gasteiger partial charge in [0, 0.05) is 42.6 Å². The Labute approximate surface area is 157 Å². The smallest absolute Gasteiger partial charge is 0.269 e. The quantitative estimate of drug-likeness (QED) is 0.518. The first-order valence-corrected chi connectivity index (χ1v) is 9.37. The second-order valence-corrected chi connectivity index (χ2v) is 6.98. The van der Waals surface area contributed by atoms with Crippen LogP contribution in [0.3, 0.4) is 0 Å². The van der Waals surface area contributed by atoms with Gasteiger partial charge in [0.25, 0.3) is 5.69 Å². The molecule has 27 heavy (non-hydrogen) atoms. The molecule has 1 aliphatic carbocycles. The topological polar surface area (TPSA) is 102 Å². The largest absolute Gasteiger partial charge is 0.339 e. The number of hydrogen-bond donors (Lipinski definition) is 0. The zero-order chi connectivity index (χ0) is 19.4. The Kier molecular flexibility index (Phi) is 5.83. The van der Waals surface area contributed by atoms with Crippen molar-refractivity contribution >= 4 is 11.6 Å². The SMILES string of the molecule is CC[C@@H](C)N(CCc1nc(-c2ccc([N+](=O)[O-])cc2)no1)C(=O)C1CCC1. The first-order valence-electron chi connectivity index (χ1n) is 9.37. The van der Waals surface area contributed by atoms with Gasteiger partial charge in [-0.25, -0.2) is 0 Å². The van der Waals surface area contributed by atoms with Gasteiger partial charge in [-0.1, -0.05) is 18.5 Å². The van der Waals surface area contributed by atoms with E-state index in [1.807, 2.05) is 4.90 Å². The third-order valence-electron chi connectivity index (χ3n) is 5.23. The lowest BCUT2D eigenvalue weighted by Gasteiger charge is -2.35. The van der Waals surface area contributed by atoms with Crippen LogP contribution in [0.2, 0.25) is 0 Å². The van der Waals surface area contributed by atoms with E-state index in [2.05, 4.69) is 24.0 Å². The standard InChI is InChI=1S/C19H24N4O4/c1-3-13(2)22(19(24)15-5-4-6-15)12-11-17-20-18(21-27-17)14-7-9-16(10-8-14)23(25)26/h7-10,13,15H,3-6,11-12H2,1-2H3/t13-/m1/s1. The van der Waals surface area contributed by atoms with Gasteiger partial charge >= 0.3 is 0 Å². The van der Waals surface area contributed by atoms with Crippen LogP contribution in [0, 0.1) is 16.0 Å². The lowest BCUT2D eigenvalue weighted by molar-refractivity contribution is -0.384. The highest BCUT2D eigenvalue weighted by Crippen LogP contribution is 2.29. The molecule has 0 bridgehead atoms. The maximum atomic E-state index is 12.7. The van der Waals surface area contributed by atoms with Gasteiger partial charge in [0.2, 0.25) is 17.6 Å². The molecule has 2 aromatic rings. The van der Waals surface area contributed by atoms with Gasteiger partial charge in [-0.3, -0.25) is 14.9 Å². The molecule has 8 nitrogen and oxygen atoms in total. The average molecular weight is 372 g/mol. The summed E-state index contributed by atoms with van der Waals surface area (Å²) in [5.74, 6) is 1.24. The molecule has 0 radical (unpaired) electrons. The van der Waals surface area contributed by atoms with Crippen molar-refractivity contribution in [3.63, 3.8) is 0 Å². The van der Waals surface area contributed by atoms with Crippen LogP contribution in [0.15, 0.2) is 28.8 Å². The van der Waals surface area contributed by atoms with Gasteiger partial charge < -0.3 is 9.42 Å². The Hall–Kier alpha value is -2.77. The Morgan fingerprint density at radius 3 is 2.63 bits per heavy atom. The number of nitro benzene ring substituents is 1. The van der Waals surface area contributed by atoms with Crippen LogP contribution >= 0.6 is 0 Å². The molecule has 0 aliphatic heterocycles. The number of nitro groups is 1. The van der Waals surface area contributed by atoms with E-state index in [0.717, 1.165) is 25.7 Å². The summed E-state index contributed by atoms with van der Waals surface area (Å²) in [5, 5.41) is 14.7. The summed E-state index contributed by atoms with van der Waals surface area (Å²) in [4.78, 5) is 29.2. The minimum Gasteiger partial charge on any atom is -0.339 e. The molecule has 0 unspecified atom stereocenters. The van der Waals surface area contributed by atoms with Crippen molar-refractivity contribution in [2.24, 2.45) is 5.92 Å². The molecule has 1 aliphatic rings. The van der Waals surface area contributed by atoms with Crippen LogP contribution in [0.5, 0.6) is 0 Å². The van der Waals surface area contributed by atoms with Crippen molar-refractivity contribution in [2.45, 2.75) is 52.0 Å². The summed E-state index contributed by atoms with van der Waals surface area (Å²) < 4.78 is 5.31. The molecule has 1 fully saturated rings. The summed E-state index contributed by atoms with van der Waals surface area (Å²) in [6.07, 6.45) is 4.49. The van der Waals surface area contributed by atoms with Gasteiger partial charge in [-0.15, -0.1) is 0 Å². The summed E-state index contributed by atoms with van der Waals surface area (Å²) in [7, 11) is 0. The molecular formula is C19H24N4O4. The molecule has 3 rings (SSSR count). The molecule has 144 valence electrons. The molecule has 1 aromatic carbocycles. The molecule has 1 saturated carbocycles. The predicted molar refractivity (Wildman–Crippen MR) is 98.9 cm³/mol. The van der Waals surface area contributed by atoms with E-state index in [-0.39, 0.29) is 23.6 Å². The highest BCUT2D eigenvalue weighted by Gasteiger charge is 2.31. The van der Waals surface area contributed by atoms with Crippen LogP contribution in [-0.2, 0) is 11.2 Å². The van der Waals surface area contributed by atoms with E-state index in [4.69, 9.17) is 4.52 Å². The van der Waals surface area contributed by atoms with Gasteiger partial charge in [-0.2, -0.15) is 4.98 Å². The van der Waals surface area contributed by atoms with E-state index in [1.54, 1.807) is 12.1 Å². The third kappa shape index (κ3) is 4.32. The fourth-order valence-corrected chi connectivity index (χ4v) is 3.08. The highest BCUT2D eigenvalue weighted by molar-refractivity contribution is 5.79. The van der Waals surface area contributed by atoms with E-state index >= 15 is 0 Å². The zero-order valence-corrected chi connectivity index (χ0v) is 15.6. The van der Waals surface area contributed by atoms with Gasteiger partial charge in [0.15, 0.2) is 0 Å². The number of amides is 1. The Morgan fingerprint density at radius 1 is 1.37 bits per heavy atom. The van der Waals surface area contributed by atoms with E-state index in [1.165, 1.54) is 12.1 Å². The number of nitrogens with zero attached hydrogens (tertiary/aromatic N) is 4. The summed E-state index contributed by atoms with van der Waals surface area (Å²) in [6.45, 7) is 4.68. The molecule has 1 aromatic heterocycles. The molecule has 8 heteroatoms. The molecule has 0 spiro atoms. The normalized spacial score (nSPS) is 15.2. The summed E-state index contributed by atoms with van der Waals surface area (Å²) >= 11 is 0. The Balaban J connectivity index is 1.65. The summed E-state index contributed by atoms with van der Waals surface area (Å²) in [5.41, 5.74) is 0.668. The van der Waals surface area contributed by atoms with E-state index in [0.29, 0.717) is 30.2 Å². The average Bonchev–Trinajstić information content (AvgIpc) is 3.09. The zero-order valence-electron chi connectivity index (χ0n) is 15.6. The molecule has 1 atom stereocenters. The third-order valence-corrected chi connectivity index (χ3v) is 5.23. The summed E-state index contributed by atoms with van der Waals surface area (Å²) in [6, 6.07) is 6.19. The fourth-order valence-electron chi connectivity index (χ4n) is 3.08. The van der Waals surface area contributed by atoms with Crippen LogP contribution in [0.25, 0.3) is 11.4 Å².